The van der Waals surface area contributed by atoms with Gasteiger partial charge in [0.2, 0.25) is 0 Å². The predicted molar refractivity (Wildman–Crippen MR) is 233 cm³/mol. The third kappa shape index (κ3) is 14.8. The highest BCUT2D eigenvalue weighted by Gasteiger charge is 2.47. The van der Waals surface area contributed by atoms with Crippen molar-refractivity contribution in [2.75, 3.05) is 6.61 Å². The Morgan fingerprint density at radius 1 is 0.571 bits per heavy atom. The molecular formula is C48H69O6PS. The molecule has 6 nitrogen and oxygen atoms in total. The van der Waals surface area contributed by atoms with E-state index in [9.17, 15) is 0 Å². The molecule has 0 radical (unpaired) electrons. The van der Waals surface area contributed by atoms with Gasteiger partial charge in [0, 0.05) is 19.4 Å². The maximum Gasteiger partial charge on any atom is 0.319 e. The summed E-state index contributed by atoms with van der Waals surface area (Å²) in [6, 6.07) is 27.0. The molecule has 0 N–H and O–H groups in total. The van der Waals surface area contributed by atoms with E-state index in [1.54, 1.807) is 0 Å². The Morgan fingerprint density at radius 3 is 1.70 bits per heavy atom. The first kappa shape index (κ1) is 43.3. The van der Waals surface area contributed by atoms with E-state index >= 15 is 0 Å². The number of rotatable bonds is 30. The molecule has 8 heteroatoms. The number of hydrogen-bond donors (Lipinski definition) is 0. The molecule has 6 rings (SSSR count). The number of ether oxygens (including phenoxy) is 4. The zero-order chi connectivity index (χ0) is 39.0. The Balaban J connectivity index is 0.878. The van der Waals surface area contributed by atoms with Crippen LogP contribution in [0.15, 0.2) is 78.9 Å². The highest BCUT2D eigenvalue weighted by atomic mass is 32.5. The molecule has 308 valence electrons. The molecule has 3 aliphatic rings. The Kier molecular flexibility index (Phi) is 17.6. The molecule has 0 saturated carbocycles. The van der Waals surface area contributed by atoms with Crippen molar-refractivity contribution in [3.63, 3.8) is 0 Å². The molecule has 3 saturated heterocycles. The Hall–Kier alpha value is -2.25. The van der Waals surface area contributed by atoms with Gasteiger partial charge in [-0.15, -0.1) is 0 Å². The lowest BCUT2D eigenvalue weighted by Crippen LogP contribution is -2.14. The van der Waals surface area contributed by atoms with Crippen molar-refractivity contribution in [1.82, 2.24) is 0 Å². The molecule has 0 aliphatic carbocycles. The van der Waals surface area contributed by atoms with Crippen LogP contribution in [0.1, 0.15) is 141 Å². The van der Waals surface area contributed by atoms with Crippen LogP contribution in [0.4, 0.5) is 0 Å². The summed E-state index contributed by atoms with van der Waals surface area (Å²) in [5.41, 5.74) is 2.55. The van der Waals surface area contributed by atoms with Crippen LogP contribution in [0.25, 0.3) is 0 Å². The summed E-state index contributed by atoms with van der Waals surface area (Å²) in [5, 5.41) is 0.912. The minimum atomic E-state index is -2.89. The lowest BCUT2D eigenvalue weighted by Gasteiger charge is -2.24. The van der Waals surface area contributed by atoms with Gasteiger partial charge in [0.1, 0.15) is 11.5 Å². The third-order valence-corrected chi connectivity index (χ3v) is 14.4. The van der Waals surface area contributed by atoms with Crippen molar-refractivity contribution >= 4 is 23.6 Å². The van der Waals surface area contributed by atoms with Crippen LogP contribution in [0, 0.1) is 0 Å². The van der Waals surface area contributed by atoms with Gasteiger partial charge in [-0.3, -0.25) is 0 Å². The fraction of sp³-hybridized carbons (Fsp3) is 0.625. The lowest BCUT2D eigenvalue weighted by atomic mass is 10.0. The summed E-state index contributed by atoms with van der Waals surface area (Å²) in [6.07, 6.45) is 25.4. The SMILES string of the molecule is CCCC1OC1CC(C)OCCCCCCCc1cccc(OP(=S)(Oc2cccc(CCCCCCCC3OC3CC3OC3CCC)c2)c2ccccc2)c1. The Bertz CT molecular complexity index is 1620. The van der Waals surface area contributed by atoms with E-state index in [2.05, 4.69) is 57.2 Å². The van der Waals surface area contributed by atoms with Gasteiger partial charge in [0.25, 0.3) is 0 Å². The molecule has 3 aliphatic heterocycles. The van der Waals surface area contributed by atoms with Crippen molar-refractivity contribution in [2.45, 2.75) is 185 Å². The molecule has 8 atom stereocenters. The number of unbranched alkanes of at least 4 members (excludes halogenated alkanes) is 8. The van der Waals surface area contributed by atoms with Crippen LogP contribution in [0.5, 0.6) is 11.5 Å². The second-order valence-electron chi connectivity index (χ2n) is 16.5. The Morgan fingerprint density at radius 2 is 1.09 bits per heavy atom. The van der Waals surface area contributed by atoms with Crippen molar-refractivity contribution < 1.29 is 28.0 Å². The van der Waals surface area contributed by atoms with E-state index in [0.717, 1.165) is 61.9 Å². The number of aryl methyl sites for hydroxylation is 2. The molecule has 8 unspecified atom stereocenters. The Labute approximate surface area is 343 Å². The standard InChI is InChI=1S/C48H69O6PS/c1-4-21-43-46(50-43)33-37(3)49-32-18-11-7-9-14-24-39-26-20-28-41(35-39)54-55(56,42-29-15-12-16-30-42)53-40-27-19-25-38(34-40)23-13-8-6-10-17-31-45-48(52-45)36-47-44(51-47)22-5-2/h12,15-16,19-20,25-30,34-35,37,43-48H,4-11,13-14,17-18,21-24,31-33,36H2,1-3H3. The van der Waals surface area contributed by atoms with E-state index in [1.165, 1.54) is 94.6 Å². The van der Waals surface area contributed by atoms with Gasteiger partial charge in [-0.25, -0.2) is 0 Å². The summed E-state index contributed by atoms with van der Waals surface area (Å²) in [7, 11) is 0. The quantitative estimate of drug-likeness (QED) is 0.0378. The van der Waals surface area contributed by atoms with E-state index in [-0.39, 0.29) is 6.10 Å². The molecule has 3 aromatic carbocycles. The monoisotopic (exact) mass is 804 g/mol. The van der Waals surface area contributed by atoms with Gasteiger partial charge in [0.15, 0.2) is 0 Å². The van der Waals surface area contributed by atoms with Crippen LogP contribution in [0.2, 0.25) is 0 Å². The molecular weight excluding hydrogens is 736 g/mol. The smallest absolute Gasteiger partial charge is 0.319 e. The molecule has 0 aromatic heterocycles. The van der Waals surface area contributed by atoms with E-state index in [0.29, 0.717) is 36.6 Å². The van der Waals surface area contributed by atoms with Crippen molar-refractivity contribution in [1.29, 1.82) is 0 Å². The second-order valence-corrected chi connectivity index (χ2v) is 19.8. The van der Waals surface area contributed by atoms with Crippen LogP contribution < -0.4 is 14.4 Å². The summed E-state index contributed by atoms with van der Waals surface area (Å²) in [6.45, 7) is 4.60. The average Bonchev–Trinajstić information content (AvgIpc) is 4.15. The number of benzene rings is 3. The maximum absolute atomic E-state index is 6.68. The van der Waals surface area contributed by atoms with Crippen LogP contribution in [-0.4, -0.2) is 49.3 Å². The number of hydrogen-bond acceptors (Lipinski definition) is 7. The third-order valence-electron chi connectivity index (χ3n) is 11.5. The van der Waals surface area contributed by atoms with Crippen molar-refractivity contribution in [3.05, 3.63) is 90.0 Å². The summed E-state index contributed by atoms with van der Waals surface area (Å²) < 4.78 is 36.9. The normalized spacial score (nSPS) is 24.0. The average molecular weight is 805 g/mol. The highest BCUT2D eigenvalue weighted by molar-refractivity contribution is 8.13. The first-order valence-electron chi connectivity index (χ1n) is 22.2. The van der Waals surface area contributed by atoms with Gasteiger partial charge < -0.3 is 28.0 Å². The molecule has 0 bridgehead atoms. The highest BCUT2D eigenvalue weighted by Crippen LogP contribution is 2.48. The van der Waals surface area contributed by atoms with Gasteiger partial charge >= 0.3 is 6.49 Å². The first-order valence-corrected chi connectivity index (χ1v) is 24.9. The van der Waals surface area contributed by atoms with Gasteiger partial charge in [-0.2, -0.15) is 0 Å². The zero-order valence-corrected chi connectivity index (χ0v) is 36.2. The van der Waals surface area contributed by atoms with Gasteiger partial charge in [-0.1, -0.05) is 114 Å². The van der Waals surface area contributed by atoms with Crippen molar-refractivity contribution in [3.8, 4) is 11.5 Å². The van der Waals surface area contributed by atoms with Crippen molar-refractivity contribution in [2.24, 2.45) is 0 Å². The fourth-order valence-electron chi connectivity index (χ4n) is 8.09. The minimum absolute atomic E-state index is 0.286. The molecule has 3 heterocycles. The van der Waals surface area contributed by atoms with E-state index < -0.39 is 6.49 Å². The van der Waals surface area contributed by atoms with E-state index in [1.807, 2.05) is 42.5 Å². The zero-order valence-electron chi connectivity index (χ0n) is 34.5. The molecule has 56 heavy (non-hydrogen) atoms. The summed E-state index contributed by atoms with van der Waals surface area (Å²) in [4.78, 5) is 0. The molecule has 0 amide bonds. The lowest BCUT2D eigenvalue weighted by molar-refractivity contribution is 0.0523. The molecule has 3 aromatic rings. The fourth-order valence-corrected chi connectivity index (χ4v) is 10.5. The summed E-state index contributed by atoms with van der Waals surface area (Å²) >= 11 is 6.28. The molecule has 3 fully saturated rings. The van der Waals surface area contributed by atoms with Crippen LogP contribution in [-0.2, 0) is 43.6 Å². The van der Waals surface area contributed by atoms with Gasteiger partial charge in [-0.05, 0) is 118 Å². The van der Waals surface area contributed by atoms with Gasteiger partial charge in [0.05, 0.1) is 48.0 Å². The first-order chi connectivity index (χ1) is 27.4. The second kappa shape index (κ2) is 22.8. The molecule has 0 spiro atoms. The topological polar surface area (TPSA) is 65.3 Å². The minimum Gasteiger partial charge on any atom is -0.432 e. The van der Waals surface area contributed by atoms with Crippen LogP contribution >= 0.6 is 6.49 Å². The summed E-state index contributed by atoms with van der Waals surface area (Å²) in [5.74, 6) is 1.55. The van der Waals surface area contributed by atoms with E-state index in [4.69, 9.17) is 39.8 Å². The number of epoxide rings is 3. The predicted octanol–water partition coefficient (Wildman–Crippen LogP) is 12.2. The largest absolute Gasteiger partial charge is 0.432 e. The van der Waals surface area contributed by atoms with Crippen LogP contribution in [0.3, 0.4) is 0 Å². The maximum atomic E-state index is 6.68.